The molecule has 1 aliphatic rings. The predicted octanol–water partition coefficient (Wildman–Crippen LogP) is 3.69. The largest absolute Gasteiger partial charge is 0.490 e. The Kier molecular flexibility index (Phi) is 4.21. The lowest BCUT2D eigenvalue weighted by molar-refractivity contribution is 0.210. The monoisotopic (exact) mass is 341 g/mol. The first-order valence-corrected chi connectivity index (χ1v) is 9.12. The minimum atomic E-state index is -0.0450. The molecule has 0 amide bonds. The summed E-state index contributed by atoms with van der Waals surface area (Å²) >= 11 is 1.46. The van der Waals surface area contributed by atoms with Crippen LogP contribution in [0.1, 0.15) is 31.4 Å². The number of ether oxygens (including phenoxy) is 1. The van der Waals surface area contributed by atoms with Crippen LogP contribution >= 0.6 is 11.3 Å². The zero-order chi connectivity index (χ0) is 16.4. The summed E-state index contributed by atoms with van der Waals surface area (Å²) in [4.78, 5) is 17.2. The van der Waals surface area contributed by atoms with Crippen LogP contribution in [0.25, 0.3) is 4.96 Å². The summed E-state index contributed by atoms with van der Waals surface area (Å²) in [5.41, 5.74) is 1.67. The fraction of sp³-hybridized carbons (Fsp3) is 0.333. The van der Waals surface area contributed by atoms with E-state index in [0.717, 1.165) is 34.9 Å². The number of nitrogens with one attached hydrogen (secondary N) is 1. The molecule has 0 saturated heterocycles. The van der Waals surface area contributed by atoms with Crippen molar-refractivity contribution < 1.29 is 4.74 Å². The summed E-state index contributed by atoms with van der Waals surface area (Å²) in [5, 5.41) is 5.19. The molecule has 0 aliphatic heterocycles. The van der Waals surface area contributed by atoms with Gasteiger partial charge >= 0.3 is 0 Å². The van der Waals surface area contributed by atoms with Crippen molar-refractivity contribution in [1.29, 1.82) is 0 Å². The van der Waals surface area contributed by atoms with Gasteiger partial charge in [0.05, 0.1) is 18.3 Å². The lowest BCUT2D eigenvalue weighted by atomic mass is 10.2. The van der Waals surface area contributed by atoms with Gasteiger partial charge < -0.3 is 10.1 Å². The van der Waals surface area contributed by atoms with Crippen LogP contribution in [0.2, 0.25) is 0 Å². The van der Waals surface area contributed by atoms with Crippen LogP contribution in [0, 0.1) is 0 Å². The van der Waals surface area contributed by atoms with E-state index in [1.54, 1.807) is 16.7 Å². The molecule has 5 nitrogen and oxygen atoms in total. The standard InChI is InChI=1S/C18H19N3O2S/c22-17-11-14(20-18-21(17)8-9-24-18)12-19-13-4-3-7-16(10-13)23-15-5-1-2-6-15/h3-4,7-11,15,19H,1-2,5-6,12H2. The minimum absolute atomic E-state index is 0.0450. The first-order valence-electron chi connectivity index (χ1n) is 8.24. The lowest BCUT2D eigenvalue weighted by Gasteiger charge is -2.14. The van der Waals surface area contributed by atoms with Crippen molar-refractivity contribution in [3.63, 3.8) is 0 Å². The van der Waals surface area contributed by atoms with E-state index in [4.69, 9.17) is 4.74 Å². The van der Waals surface area contributed by atoms with Crippen LogP contribution in [0.15, 0.2) is 46.7 Å². The Morgan fingerprint density at radius 3 is 3.04 bits per heavy atom. The highest BCUT2D eigenvalue weighted by Crippen LogP contribution is 2.25. The fourth-order valence-corrected chi connectivity index (χ4v) is 3.79. The maximum atomic E-state index is 12.0. The topological polar surface area (TPSA) is 55.6 Å². The molecule has 1 aromatic carbocycles. The number of nitrogens with zero attached hydrogens (tertiary/aromatic N) is 2. The summed E-state index contributed by atoms with van der Waals surface area (Å²) in [6.45, 7) is 0.510. The molecule has 0 unspecified atom stereocenters. The highest BCUT2D eigenvalue weighted by atomic mass is 32.1. The molecule has 1 aliphatic carbocycles. The van der Waals surface area contributed by atoms with Gasteiger partial charge in [0, 0.05) is 29.4 Å². The average molecular weight is 341 g/mol. The first-order chi connectivity index (χ1) is 11.8. The molecule has 2 aromatic heterocycles. The molecule has 6 heteroatoms. The minimum Gasteiger partial charge on any atom is -0.490 e. The summed E-state index contributed by atoms with van der Waals surface area (Å²) in [6, 6.07) is 9.56. The summed E-state index contributed by atoms with van der Waals surface area (Å²) < 4.78 is 7.59. The van der Waals surface area contributed by atoms with Gasteiger partial charge in [0.1, 0.15) is 5.75 Å². The van der Waals surface area contributed by atoms with Gasteiger partial charge in [-0.2, -0.15) is 0 Å². The normalized spacial score (nSPS) is 15.0. The van der Waals surface area contributed by atoms with Crippen LogP contribution < -0.4 is 15.6 Å². The molecule has 124 valence electrons. The van der Waals surface area contributed by atoms with Gasteiger partial charge in [0.25, 0.3) is 5.56 Å². The van der Waals surface area contributed by atoms with Crippen molar-refractivity contribution >= 4 is 22.0 Å². The molecule has 4 rings (SSSR count). The van der Waals surface area contributed by atoms with Gasteiger partial charge in [0.2, 0.25) is 0 Å². The Bertz CT molecular complexity index is 896. The lowest BCUT2D eigenvalue weighted by Crippen LogP contribution is -2.14. The zero-order valence-corrected chi connectivity index (χ0v) is 14.1. The SMILES string of the molecule is O=c1cc(CNc2cccc(OC3CCCC3)c2)nc2sccn12. The van der Waals surface area contributed by atoms with Gasteiger partial charge in [-0.05, 0) is 37.8 Å². The molecule has 0 bridgehead atoms. The summed E-state index contributed by atoms with van der Waals surface area (Å²) in [6.07, 6.45) is 6.90. The molecule has 1 fully saturated rings. The van der Waals surface area contributed by atoms with Crippen molar-refractivity contribution in [3.05, 3.63) is 58.0 Å². The van der Waals surface area contributed by atoms with Crippen LogP contribution in [-0.2, 0) is 6.54 Å². The second-order valence-electron chi connectivity index (χ2n) is 6.05. The number of hydrogen-bond donors (Lipinski definition) is 1. The van der Waals surface area contributed by atoms with Crippen molar-refractivity contribution in [3.8, 4) is 5.75 Å². The van der Waals surface area contributed by atoms with Crippen molar-refractivity contribution in [1.82, 2.24) is 9.38 Å². The molecule has 0 radical (unpaired) electrons. The molecule has 0 spiro atoms. The average Bonchev–Trinajstić information content (AvgIpc) is 3.25. The third-order valence-corrected chi connectivity index (χ3v) is 5.03. The summed E-state index contributed by atoms with van der Waals surface area (Å²) in [5.74, 6) is 0.897. The number of rotatable bonds is 5. The van der Waals surface area contributed by atoms with E-state index in [2.05, 4.69) is 10.3 Å². The number of aromatic nitrogens is 2. The number of hydrogen-bond acceptors (Lipinski definition) is 5. The van der Waals surface area contributed by atoms with E-state index in [1.807, 2.05) is 29.6 Å². The Morgan fingerprint density at radius 1 is 1.29 bits per heavy atom. The quantitative estimate of drug-likeness (QED) is 0.769. The second kappa shape index (κ2) is 6.65. The highest BCUT2D eigenvalue weighted by molar-refractivity contribution is 7.15. The maximum absolute atomic E-state index is 12.0. The van der Waals surface area contributed by atoms with Gasteiger partial charge in [0.15, 0.2) is 4.96 Å². The van der Waals surface area contributed by atoms with Crippen LogP contribution in [0.5, 0.6) is 5.75 Å². The zero-order valence-electron chi connectivity index (χ0n) is 13.3. The molecule has 0 atom stereocenters. The van der Waals surface area contributed by atoms with Crippen LogP contribution in [-0.4, -0.2) is 15.5 Å². The number of anilines is 1. The summed E-state index contributed by atoms with van der Waals surface area (Å²) in [7, 11) is 0. The Hall–Kier alpha value is -2.34. The third-order valence-electron chi connectivity index (χ3n) is 4.27. The van der Waals surface area contributed by atoms with Gasteiger partial charge in [-0.1, -0.05) is 6.07 Å². The smallest absolute Gasteiger partial charge is 0.258 e. The van der Waals surface area contributed by atoms with E-state index >= 15 is 0 Å². The first kappa shape index (κ1) is 15.2. The number of thiazole rings is 1. The molecule has 2 heterocycles. The predicted molar refractivity (Wildman–Crippen MR) is 96.0 cm³/mol. The molecule has 3 aromatic rings. The van der Waals surface area contributed by atoms with E-state index in [1.165, 1.54) is 24.2 Å². The molecule has 1 N–H and O–H groups in total. The molecule has 1 saturated carbocycles. The van der Waals surface area contributed by atoms with Crippen LogP contribution in [0.4, 0.5) is 5.69 Å². The molecule has 24 heavy (non-hydrogen) atoms. The highest BCUT2D eigenvalue weighted by Gasteiger charge is 2.16. The van der Waals surface area contributed by atoms with E-state index in [-0.39, 0.29) is 5.56 Å². The Labute approximate surface area is 143 Å². The number of benzene rings is 1. The van der Waals surface area contributed by atoms with Gasteiger partial charge in [-0.15, -0.1) is 11.3 Å². The Morgan fingerprint density at radius 2 is 2.17 bits per heavy atom. The van der Waals surface area contributed by atoms with E-state index in [9.17, 15) is 4.79 Å². The molecular weight excluding hydrogens is 322 g/mol. The number of fused-ring (bicyclic) bond motifs is 1. The van der Waals surface area contributed by atoms with Gasteiger partial charge in [-0.3, -0.25) is 9.20 Å². The Balaban J connectivity index is 1.45. The van der Waals surface area contributed by atoms with Crippen molar-refractivity contribution in [2.24, 2.45) is 0 Å². The van der Waals surface area contributed by atoms with E-state index in [0.29, 0.717) is 12.6 Å². The van der Waals surface area contributed by atoms with E-state index < -0.39 is 0 Å². The van der Waals surface area contributed by atoms with Crippen molar-refractivity contribution in [2.45, 2.75) is 38.3 Å². The van der Waals surface area contributed by atoms with Crippen molar-refractivity contribution in [2.75, 3.05) is 5.32 Å². The second-order valence-corrected chi connectivity index (χ2v) is 6.92. The molecular formula is C18H19N3O2S. The van der Waals surface area contributed by atoms with Gasteiger partial charge in [-0.25, -0.2) is 4.98 Å². The maximum Gasteiger partial charge on any atom is 0.258 e. The fourth-order valence-electron chi connectivity index (χ4n) is 3.05. The third kappa shape index (κ3) is 3.28. The van der Waals surface area contributed by atoms with Crippen LogP contribution in [0.3, 0.4) is 0 Å².